The van der Waals surface area contributed by atoms with E-state index in [1.807, 2.05) is 60.7 Å². The van der Waals surface area contributed by atoms with E-state index in [9.17, 15) is 10.1 Å². The highest BCUT2D eigenvalue weighted by molar-refractivity contribution is 5.72. The second-order valence-corrected chi connectivity index (χ2v) is 5.53. The molecule has 0 aliphatic rings. The third-order valence-corrected chi connectivity index (χ3v) is 3.91. The number of non-ortho nitro benzene ring substituents is 1. The number of nitro groups is 1. The van der Waals surface area contributed by atoms with E-state index < -0.39 is 4.92 Å². The van der Waals surface area contributed by atoms with E-state index in [0.717, 1.165) is 28.0 Å². The first-order valence-corrected chi connectivity index (χ1v) is 7.83. The van der Waals surface area contributed by atoms with Crippen LogP contribution in [0, 0.1) is 10.1 Å². The van der Waals surface area contributed by atoms with Crippen molar-refractivity contribution in [2.75, 3.05) is 7.11 Å². The van der Waals surface area contributed by atoms with E-state index in [2.05, 4.69) is 0 Å². The minimum Gasteiger partial charge on any atom is -0.497 e. The van der Waals surface area contributed by atoms with Crippen molar-refractivity contribution in [2.45, 2.75) is 0 Å². The van der Waals surface area contributed by atoms with Crippen molar-refractivity contribution in [3.8, 4) is 16.9 Å². The summed E-state index contributed by atoms with van der Waals surface area (Å²) in [6.07, 6.45) is 4.09. The van der Waals surface area contributed by atoms with Crippen LogP contribution in [-0.2, 0) is 0 Å². The third kappa shape index (κ3) is 4.12. The standard InChI is InChI=1S/C21H17NO3/c1-25-21-14-6-17(7-15-21)3-2-16-4-8-18(9-5-16)19-10-12-20(13-11-19)22(23)24/h2-15H,1H3. The average molecular weight is 331 g/mol. The van der Waals surface area contributed by atoms with Crippen molar-refractivity contribution >= 4 is 17.8 Å². The Labute approximate surface area is 146 Å². The van der Waals surface area contributed by atoms with Crippen LogP contribution in [0.1, 0.15) is 11.1 Å². The van der Waals surface area contributed by atoms with Crippen molar-refractivity contribution in [1.82, 2.24) is 0 Å². The number of methoxy groups -OCH3 is 1. The molecule has 3 aromatic carbocycles. The quantitative estimate of drug-likeness (QED) is 0.355. The van der Waals surface area contributed by atoms with Gasteiger partial charge in [0.25, 0.3) is 5.69 Å². The molecule has 0 saturated heterocycles. The lowest BCUT2D eigenvalue weighted by Gasteiger charge is -2.02. The number of hydrogen-bond acceptors (Lipinski definition) is 3. The Morgan fingerprint density at radius 1 is 0.760 bits per heavy atom. The molecule has 4 nitrogen and oxygen atoms in total. The van der Waals surface area contributed by atoms with Crippen LogP contribution in [0.25, 0.3) is 23.3 Å². The number of rotatable bonds is 5. The molecule has 3 aromatic rings. The second kappa shape index (κ2) is 7.45. The molecular weight excluding hydrogens is 314 g/mol. The number of benzene rings is 3. The Hall–Kier alpha value is -3.40. The first-order valence-electron chi connectivity index (χ1n) is 7.83. The summed E-state index contributed by atoms with van der Waals surface area (Å²) in [4.78, 5) is 10.3. The fraction of sp³-hybridized carbons (Fsp3) is 0.0476. The maximum Gasteiger partial charge on any atom is 0.269 e. The van der Waals surface area contributed by atoms with Gasteiger partial charge in [-0.1, -0.05) is 48.6 Å². The summed E-state index contributed by atoms with van der Waals surface area (Å²) >= 11 is 0. The van der Waals surface area contributed by atoms with Gasteiger partial charge < -0.3 is 4.74 Å². The fourth-order valence-electron chi connectivity index (χ4n) is 2.47. The summed E-state index contributed by atoms with van der Waals surface area (Å²) in [5.74, 6) is 0.838. The monoisotopic (exact) mass is 331 g/mol. The first-order chi connectivity index (χ1) is 12.2. The van der Waals surface area contributed by atoms with Gasteiger partial charge in [0.05, 0.1) is 12.0 Å². The van der Waals surface area contributed by atoms with Crippen molar-refractivity contribution in [3.63, 3.8) is 0 Å². The van der Waals surface area contributed by atoms with Gasteiger partial charge in [-0.05, 0) is 46.5 Å². The van der Waals surface area contributed by atoms with E-state index in [1.165, 1.54) is 12.1 Å². The van der Waals surface area contributed by atoms with Crippen molar-refractivity contribution < 1.29 is 9.66 Å². The molecule has 0 saturated carbocycles. The summed E-state index contributed by atoms with van der Waals surface area (Å²) in [5.41, 5.74) is 4.26. The molecular formula is C21H17NO3. The van der Waals surface area contributed by atoms with E-state index in [4.69, 9.17) is 4.74 Å². The molecule has 25 heavy (non-hydrogen) atoms. The van der Waals surface area contributed by atoms with E-state index in [0.29, 0.717) is 0 Å². The molecule has 0 atom stereocenters. The van der Waals surface area contributed by atoms with Crippen LogP contribution < -0.4 is 4.74 Å². The molecule has 0 bridgehead atoms. The highest BCUT2D eigenvalue weighted by Gasteiger charge is 2.04. The maximum atomic E-state index is 10.7. The average Bonchev–Trinajstić information content (AvgIpc) is 2.67. The van der Waals surface area contributed by atoms with E-state index >= 15 is 0 Å². The van der Waals surface area contributed by atoms with Gasteiger partial charge in [0.2, 0.25) is 0 Å². The molecule has 0 amide bonds. The summed E-state index contributed by atoms with van der Waals surface area (Å²) < 4.78 is 5.15. The predicted molar refractivity (Wildman–Crippen MR) is 100 cm³/mol. The summed E-state index contributed by atoms with van der Waals surface area (Å²) in [6.45, 7) is 0. The molecule has 0 spiro atoms. The number of nitrogens with zero attached hydrogens (tertiary/aromatic N) is 1. The van der Waals surface area contributed by atoms with Crippen molar-refractivity contribution in [1.29, 1.82) is 0 Å². The topological polar surface area (TPSA) is 52.4 Å². The summed E-state index contributed by atoms with van der Waals surface area (Å²) in [6, 6.07) is 22.5. The van der Waals surface area contributed by atoms with Gasteiger partial charge in [0.1, 0.15) is 5.75 Å². The van der Waals surface area contributed by atoms with Crippen LogP contribution in [0.15, 0.2) is 72.8 Å². The van der Waals surface area contributed by atoms with Crippen molar-refractivity contribution in [2.24, 2.45) is 0 Å². The van der Waals surface area contributed by atoms with E-state index in [-0.39, 0.29) is 5.69 Å². The molecule has 0 aliphatic heterocycles. The molecule has 0 N–H and O–H groups in total. The number of hydrogen-bond donors (Lipinski definition) is 0. The van der Waals surface area contributed by atoms with Gasteiger partial charge >= 0.3 is 0 Å². The lowest BCUT2D eigenvalue weighted by molar-refractivity contribution is -0.384. The molecule has 0 heterocycles. The second-order valence-electron chi connectivity index (χ2n) is 5.53. The zero-order valence-electron chi connectivity index (χ0n) is 13.8. The van der Waals surface area contributed by atoms with Gasteiger partial charge in [0, 0.05) is 12.1 Å². The Morgan fingerprint density at radius 3 is 1.64 bits per heavy atom. The normalized spacial score (nSPS) is 10.8. The zero-order chi connectivity index (χ0) is 17.6. The Bertz CT molecular complexity index is 880. The van der Waals surface area contributed by atoms with Crippen LogP contribution in [-0.4, -0.2) is 12.0 Å². The first kappa shape index (κ1) is 16.5. The third-order valence-electron chi connectivity index (χ3n) is 3.91. The zero-order valence-corrected chi connectivity index (χ0v) is 13.8. The number of nitro benzene ring substituents is 1. The maximum absolute atomic E-state index is 10.7. The Kier molecular flexibility index (Phi) is 4.90. The minimum atomic E-state index is -0.392. The predicted octanol–water partition coefficient (Wildman–Crippen LogP) is 5.44. The molecule has 0 radical (unpaired) electrons. The van der Waals surface area contributed by atoms with Gasteiger partial charge in [-0.3, -0.25) is 10.1 Å². The molecule has 0 aromatic heterocycles. The highest BCUT2D eigenvalue weighted by Crippen LogP contribution is 2.23. The Balaban J connectivity index is 1.72. The van der Waals surface area contributed by atoms with Gasteiger partial charge in [0.15, 0.2) is 0 Å². The molecule has 3 rings (SSSR count). The van der Waals surface area contributed by atoms with Crippen LogP contribution in [0.4, 0.5) is 5.69 Å². The van der Waals surface area contributed by atoms with Crippen molar-refractivity contribution in [3.05, 3.63) is 94.0 Å². The fourth-order valence-corrected chi connectivity index (χ4v) is 2.47. The lowest BCUT2D eigenvalue weighted by Crippen LogP contribution is -1.87. The SMILES string of the molecule is COc1ccc(C=Cc2ccc(-c3ccc([N+](=O)[O-])cc3)cc2)cc1. The van der Waals surface area contributed by atoms with Crippen LogP contribution >= 0.6 is 0 Å². The molecule has 124 valence electrons. The largest absolute Gasteiger partial charge is 0.497 e. The van der Waals surface area contributed by atoms with Crippen LogP contribution in [0.5, 0.6) is 5.75 Å². The number of ether oxygens (including phenoxy) is 1. The van der Waals surface area contributed by atoms with Gasteiger partial charge in [-0.2, -0.15) is 0 Å². The van der Waals surface area contributed by atoms with Crippen LogP contribution in [0.3, 0.4) is 0 Å². The summed E-state index contributed by atoms with van der Waals surface area (Å²) in [5, 5.41) is 10.7. The van der Waals surface area contributed by atoms with Crippen LogP contribution in [0.2, 0.25) is 0 Å². The summed E-state index contributed by atoms with van der Waals surface area (Å²) in [7, 11) is 1.65. The van der Waals surface area contributed by atoms with Gasteiger partial charge in [-0.25, -0.2) is 0 Å². The highest BCUT2D eigenvalue weighted by atomic mass is 16.6. The van der Waals surface area contributed by atoms with E-state index in [1.54, 1.807) is 19.2 Å². The lowest BCUT2D eigenvalue weighted by atomic mass is 10.0. The molecule has 0 aliphatic carbocycles. The Morgan fingerprint density at radius 2 is 1.20 bits per heavy atom. The minimum absolute atomic E-state index is 0.0998. The smallest absolute Gasteiger partial charge is 0.269 e. The molecule has 0 fully saturated rings. The molecule has 0 unspecified atom stereocenters. The van der Waals surface area contributed by atoms with Gasteiger partial charge in [-0.15, -0.1) is 0 Å². The molecule has 4 heteroatoms.